The number of nitrogens with zero attached hydrogens (tertiary/aromatic N) is 1. The number of aliphatic hydroxyl groups is 1. The Morgan fingerprint density at radius 1 is 1.50 bits per heavy atom. The van der Waals surface area contributed by atoms with Crippen molar-refractivity contribution in [1.82, 2.24) is 10.2 Å². The largest absolute Gasteiger partial charge is 0.464 e. The minimum Gasteiger partial charge on any atom is -0.464 e. The van der Waals surface area contributed by atoms with E-state index in [1.54, 1.807) is 11.9 Å². The summed E-state index contributed by atoms with van der Waals surface area (Å²) in [5.74, 6) is 3.17. The Labute approximate surface area is 118 Å². The van der Waals surface area contributed by atoms with Crippen LogP contribution in [0.5, 0.6) is 0 Å². The molecule has 4 atom stereocenters. The number of hydrogen-bond acceptors (Lipinski definition) is 4. The van der Waals surface area contributed by atoms with Crippen molar-refractivity contribution in [1.29, 1.82) is 0 Å². The fraction of sp³-hybridized carbons (Fsp3) is 0.667. The monoisotopic (exact) mass is 278 g/mol. The van der Waals surface area contributed by atoms with E-state index in [2.05, 4.69) is 12.2 Å². The Morgan fingerprint density at radius 3 is 2.85 bits per heavy atom. The normalized spacial score (nSPS) is 32.4. The number of likely N-dealkylation sites (N-methyl/N-ethyl adjacent to an activating group) is 1. The maximum absolute atomic E-state index is 12.2. The van der Waals surface area contributed by atoms with E-state index in [1.165, 1.54) is 6.42 Å². The highest BCUT2D eigenvalue weighted by Gasteiger charge is 2.36. The molecule has 4 unspecified atom stereocenters. The number of rotatable bonds is 4. The second-order valence-corrected chi connectivity index (χ2v) is 6.17. The minimum atomic E-state index is -0.413. The van der Waals surface area contributed by atoms with Crippen LogP contribution in [0.1, 0.15) is 37.2 Å². The van der Waals surface area contributed by atoms with Gasteiger partial charge in [-0.05, 0) is 30.9 Å². The van der Waals surface area contributed by atoms with E-state index in [1.807, 2.05) is 12.1 Å². The molecule has 2 heterocycles. The van der Waals surface area contributed by atoms with Gasteiger partial charge in [-0.1, -0.05) is 6.92 Å². The molecule has 0 aromatic carbocycles. The Hall–Kier alpha value is -1.33. The average Bonchev–Trinajstić information content (AvgIpc) is 2.80. The minimum absolute atomic E-state index is 0.0132. The number of carbonyl (C=O) groups is 1. The molecule has 1 aromatic heterocycles. The van der Waals surface area contributed by atoms with Gasteiger partial charge in [0, 0.05) is 19.5 Å². The quantitative estimate of drug-likeness (QED) is 0.865. The summed E-state index contributed by atoms with van der Waals surface area (Å²) in [6, 6.07) is 3.72. The van der Waals surface area contributed by atoms with Crippen molar-refractivity contribution in [2.45, 2.75) is 44.4 Å². The van der Waals surface area contributed by atoms with E-state index in [0.29, 0.717) is 25.4 Å². The van der Waals surface area contributed by atoms with Crippen molar-refractivity contribution in [3.05, 3.63) is 23.7 Å². The second kappa shape index (κ2) is 5.22. The van der Waals surface area contributed by atoms with Gasteiger partial charge < -0.3 is 19.7 Å². The smallest absolute Gasteiger partial charge is 0.239 e. The lowest BCUT2D eigenvalue weighted by atomic mass is 10.2. The van der Waals surface area contributed by atoms with Gasteiger partial charge in [0.2, 0.25) is 5.91 Å². The SMILES string of the molecule is CC1CC1c1ccc(CN(C)C(=O)C2CC(O)CN2)o1. The van der Waals surface area contributed by atoms with Gasteiger partial charge in [0.05, 0.1) is 18.7 Å². The molecule has 0 radical (unpaired) electrons. The van der Waals surface area contributed by atoms with Crippen molar-refractivity contribution in [2.24, 2.45) is 5.92 Å². The molecule has 2 aliphatic rings. The molecule has 2 N–H and O–H groups in total. The summed E-state index contributed by atoms with van der Waals surface area (Å²) in [5, 5.41) is 12.5. The molecule has 0 bridgehead atoms. The van der Waals surface area contributed by atoms with Crippen LogP contribution in [0, 0.1) is 5.92 Å². The van der Waals surface area contributed by atoms with Crippen molar-refractivity contribution in [3.8, 4) is 0 Å². The van der Waals surface area contributed by atoms with Gasteiger partial charge in [-0.3, -0.25) is 4.79 Å². The molecule has 1 aliphatic carbocycles. The van der Waals surface area contributed by atoms with Crippen molar-refractivity contribution >= 4 is 5.91 Å². The van der Waals surface area contributed by atoms with Crippen LogP contribution >= 0.6 is 0 Å². The molecule has 1 aromatic rings. The Bertz CT molecular complexity index is 499. The zero-order valence-electron chi connectivity index (χ0n) is 12.0. The first-order chi connectivity index (χ1) is 9.54. The topological polar surface area (TPSA) is 65.7 Å². The lowest BCUT2D eigenvalue weighted by Gasteiger charge is -2.20. The Kier molecular flexibility index (Phi) is 3.56. The number of furan rings is 1. The molecule has 5 nitrogen and oxygen atoms in total. The van der Waals surface area contributed by atoms with Crippen LogP contribution in [0.2, 0.25) is 0 Å². The first-order valence-corrected chi connectivity index (χ1v) is 7.29. The number of β-amino-alcohol motifs (C(OH)–C–C–N with tert-alkyl or cyclic N) is 1. The summed E-state index contributed by atoms with van der Waals surface area (Å²) in [4.78, 5) is 13.9. The van der Waals surface area contributed by atoms with E-state index < -0.39 is 6.10 Å². The Morgan fingerprint density at radius 2 is 2.25 bits per heavy atom. The van der Waals surface area contributed by atoms with Crippen LogP contribution in [-0.2, 0) is 11.3 Å². The summed E-state index contributed by atoms with van der Waals surface area (Å²) in [7, 11) is 1.77. The first-order valence-electron chi connectivity index (χ1n) is 7.29. The summed E-state index contributed by atoms with van der Waals surface area (Å²) < 4.78 is 5.82. The molecule has 3 rings (SSSR count). The van der Waals surface area contributed by atoms with Gasteiger partial charge in [0.25, 0.3) is 0 Å². The maximum atomic E-state index is 12.2. The molecular weight excluding hydrogens is 256 g/mol. The number of nitrogens with one attached hydrogen (secondary N) is 1. The average molecular weight is 278 g/mol. The highest BCUT2D eigenvalue weighted by Crippen LogP contribution is 2.47. The summed E-state index contributed by atoms with van der Waals surface area (Å²) in [6.45, 7) is 3.20. The van der Waals surface area contributed by atoms with E-state index in [9.17, 15) is 9.90 Å². The molecule has 5 heteroatoms. The number of amides is 1. The number of hydrogen-bond donors (Lipinski definition) is 2. The van der Waals surface area contributed by atoms with Gasteiger partial charge in [-0.2, -0.15) is 0 Å². The zero-order valence-corrected chi connectivity index (χ0v) is 12.0. The van der Waals surface area contributed by atoms with Crippen molar-refractivity contribution in [3.63, 3.8) is 0 Å². The standard InChI is InChI=1S/C15H22N2O3/c1-9-5-12(9)14-4-3-11(20-14)8-17(2)15(19)13-6-10(18)7-16-13/h3-4,9-10,12-13,16,18H,5-8H2,1-2H3. The lowest BCUT2D eigenvalue weighted by molar-refractivity contribution is -0.132. The molecule has 1 aliphatic heterocycles. The van der Waals surface area contributed by atoms with Crippen LogP contribution in [0.3, 0.4) is 0 Å². The second-order valence-electron chi connectivity index (χ2n) is 6.17. The molecule has 110 valence electrons. The van der Waals surface area contributed by atoms with Gasteiger partial charge in [-0.25, -0.2) is 0 Å². The molecule has 20 heavy (non-hydrogen) atoms. The van der Waals surface area contributed by atoms with Gasteiger partial charge in [0.1, 0.15) is 11.5 Å². The van der Waals surface area contributed by atoms with Crippen LogP contribution in [-0.4, -0.2) is 41.7 Å². The lowest BCUT2D eigenvalue weighted by Crippen LogP contribution is -2.41. The molecule has 1 saturated heterocycles. The number of aliphatic hydroxyl groups excluding tert-OH is 1. The van der Waals surface area contributed by atoms with Gasteiger partial charge >= 0.3 is 0 Å². The van der Waals surface area contributed by atoms with E-state index in [0.717, 1.165) is 17.4 Å². The molecule has 2 fully saturated rings. The molecule has 1 saturated carbocycles. The van der Waals surface area contributed by atoms with E-state index >= 15 is 0 Å². The highest BCUT2D eigenvalue weighted by molar-refractivity contribution is 5.82. The fourth-order valence-electron chi connectivity index (χ4n) is 2.88. The van der Waals surface area contributed by atoms with Crippen molar-refractivity contribution in [2.75, 3.05) is 13.6 Å². The van der Waals surface area contributed by atoms with Crippen LogP contribution in [0.4, 0.5) is 0 Å². The third kappa shape index (κ3) is 2.74. The van der Waals surface area contributed by atoms with Crippen LogP contribution in [0.25, 0.3) is 0 Å². The molecule has 0 spiro atoms. The van der Waals surface area contributed by atoms with Crippen LogP contribution < -0.4 is 5.32 Å². The third-order valence-electron chi connectivity index (χ3n) is 4.33. The van der Waals surface area contributed by atoms with Crippen molar-refractivity contribution < 1.29 is 14.3 Å². The summed E-state index contributed by atoms with van der Waals surface area (Å²) in [5.41, 5.74) is 0. The molecular formula is C15H22N2O3. The van der Waals surface area contributed by atoms with Crippen LogP contribution in [0.15, 0.2) is 16.5 Å². The Balaban J connectivity index is 1.56. The third-order valence-corrected chi connectivity index (χ3v) is 4.33. The van der Waals surface area contributed by atoms with Gasteiger partial charge in [-0.15, -0.1) is 0 Å². The molecule has 1 amide bonds. The fourth-order valence-corrected chi connectivity index (χ4v) is 2.88. The summed E-state index contributed by atoms with van der Waals surface area (Å²) >= 11 is 0. The van der Waals surface area contributed by atoms with Gasteiger partial charge in [0.15, 0.2) is 0 Å². The maximum Gasteiger partial charge on any atom is 0.239 e. The highest BCUT2D eigenvalue weighted by atomic mass is 16.3. The first kappa shape index (κ1) is 13.6. The predicted octanol–water partition coefficient (Wildman–Crippen LogP) is 1.08. The summed E-state index contributed by atoms with van der Waals surface area (Å²) in [6.07, 6.45) is 1.28. The number of carbonyl (C=O) groups excluding carboxylic acids is 1. The predicted molar refractivity (Wildman–Crippen MR) is 74.1 cm³/mol. The zero-order chi connectivity index (χ0) is 14.3. The van der Waals surface area contributed by atoms with E-state index in [-0.39, 0.29) is 11.9 Å². The van der Waals surface area contributed by atoms with E-state index in [4.69, 9.17) is 4.42 Å².